The molecular formula is C29H34N8O2. The zero-order chi connectivity index (χ0) is 26.8. The summed E-state index contributed by atoms with van der Waals surface area (Å²) in [6.07, 6.45) is 3.58. The van der Waals surface area contributed by atoms with Crippen molar-refractivity contribution in [2.45, 2.75) is 18.9 Å². The fourth-order valence-corrected chi connectivity index (χ4v) is 5.40. The number of aromatic nitrogens is 4. The molecule has 202 valence electrons. The number of nitrogens with zero attached hydrogens (tertiary/aromatic N) is 6. The third-order valence-electron chi connectivity index (χ3n) is 7.62. The van der Waals surface area contributed by atoms with E-state index in [0.29, 0.717) is 35.1 Å². The van der Waals surface area contributed by atoms with Gasteiger partial charge in [-0.25, -0.2) is 9.97 Å². The van der Waals surface area contributed by atoms with Gasteiger partial charge in [0, 0.05) is 50.0 Å². The number of piperidine rings is 1. The molecule has 2 aliphatic heterocycles. The average Bonchev–Trinajstić information content (AvgIpc) is 2.98. The lowest BCUT2D eigenvalue weighted by molar-refractivity contribution is 0.312. The van der Waals surface area contributed by atoms with Gasteiger partial charge in [0.25, 0.3) is 5.56 Å². The molecule has 2 aromatic carbocycles. The number of nitrogens with one attached hydrogen (secondary N) is 2. The molecule has 2 saturated heterocycles. The van der Waals surface area contributed by atoms with Gasteiger partial charge in [0.1, 0.15) is 17.0 Å². The van der Waals surface area contributed by atoms with Crippen molar-refractivity contribution in [3.05, 3.63) is 65.1 Å². The molecule has 2 fully saturated rings. The molecule has 0 aliphatic carbocycles. The number of piperazine rings is 1. The molecule has 39 heavy (non-hydrogen) atoms. The minimum atomic E-state index is -0.138. The third-order valence-corrected chi connectivity index (χ3v) is 7.62. The Balaban J connectivity index is 1.37. The van der Waals surface area contributed by atoms with E-state index in [9.17, 15) is 4.79 Å². The Bertz CT molecular complexity index is 1510. The quantitative estimate of drug-likeness (QED) is 0.392. The topological polar surface area (TPSA) is 100 Å². The number of rotatable bonds is 6. The Hall–Kier alpha value is -4.02. The van der Waals surface area contributed by atoms with Crippen LogP contribution in [0.4, 0.5) is 17.3 Å². The summed E-state index contributed by atoms with van der Waals surface area (Å²) in [6.45, 7) is 5.68. The van der Waals surface area contributed by atoms with Crippen LogP contribution in [0.15, 0.2) is 59.5 Å². The monoisotopic (exact) mass is 526 g/mol. The van der Waals surface area contributed by atoms with E-state index in [-0.39, 0.29) is 11.6 Å². The van der Waals surface area contributed by atoms with Crippen LogP contribution in [-0.4, -0.2) is 77.8 Å². The zero-order valence-corrected chi connectivity index (χ0v) is 22.4. The number of likely N-dealkylation sites (N-methyl/N-ethyl adjacent to an activating group) is 1. The Labute approximate surface area is 227 Å². The first-order valence-electron chi connectivity index (χ1n) is 13.5. The zero-order valence-electron chi connectivity index (χ0n) is 22.4. The fraction of sp³-hybridized carbons (Fsp3) is 0.379. The van der Waals surface area contributed by atoms with Crippen molar-refractivity contribution in [1.29, 1.82) is 0 Å². The van der Waals surface area contributed by atoms with Gasteiger partial charge in [-0.15, -0.1) is 0 Å². The largest absolute Gasteiger partial charge is 0.494 e. The highest BCUT2D eigenvalue weighted by atomic mass is 16.5. The lowest BCUT2D eigenvalue weighted by atomic mass is 10.1. The van der Waals surface area contributed by atoms with Crippen LogP contribution in [0.1, 0.15) is 18.9 Å². The van der Waals surface area contributed by atoms with Crippen LogP contribution in [0.5, 0.6) is 5.75 Å². The van der Waals surface area contributed by atoms with Crippen molar-refractivity contribution in [3.63, 3.8) is 0 Å². The number of anilines is 3. The predicted molar refractivity (Wildman–Crippen MR) is 154 cm³/mol. The molecule has 2 aliphatic rings. The lowest BCUT2D eigenvalue weighted by Gasteiger charge is -2.34. The Kier molecular flexibility index (Phi) is 7.12. The van der Waals surface area contributed by atoms with E-state index in [2.05, 4.69) is 38.5 Å². The summed E-state index contributed by atoms with van der Waals surface area (Å²) in [7, 11) is 3.81. The molecule has 10 heteroatoms. The van der Waals surface area contributed by atoms with Crippen LogP contribution in [0.3, 0.4) is 0 Å². The van der Waals surface area contributed by atoms with Crippen LogP contribution in [0.25, 0.3) is 22.4 Å². The van der Waals surface area contributed by atoms with Gasteiger partial charge in [-0.05, 0) is 38.6 Å². The normalized spacial score (nSPS) is 18.3. The molecule has 0 saturated carbocycles. The number of methoxy groups -OCH3 is 1. The van der Waals surface area contributed by atoms with Crippen LogP contribution in [0, 0.1) is 0 Å². The van der Waals surface area contributed by atoms with E-state index in [4.69, 9.17) is 14.7 Å². The van der Waals surface area contributed by atoms with E-state index in [0.717, 1.165) is 62.5 Å². The molecule has 10 nitrogen and oxygen atoms in total. The van der Waals surface area contributed by atoms with Gasteiger partial charge in [-0.2, -0.15) is 4.98 Å². The van der Waals surface area contributed by atoms with E-state index in [1.54, 1.807) is 17.9 Å². The highest BCUT2D eigenvalue weighted by Gasteiger charge is 2.23. The second-order valence-corrected chi connectivity index (χ2v) is 10.2. The maximum Gasteiger partial charge on any atom is 0.279 e. The first kappa shape index (κ1) is 25.3. The van der Waals surface area contributed by atoms with Gasteiger partial charge in [0.15, 0.2) is 5.65 Å². The lowest BCUT2D eigenvalue weighted by Crippen LogP contribution is -2.44. The van der Waals surface area contributed by atoms with Crippen molar-refractivity contribution in [2.75, 3.05) is 63.6 Å². The second kappa shape index (κ2) is 11.0. The number of benzene rings is 2. The van der Waals surface area contributed by atoms with Crippen molar-refractivity contribution < 1.29 is 4.74 Å². The molecule has 0 amide bonds. The molecule has 2 N–H and O–H groups in total. The first-order valence-corrected chi connectivity index (χ1v) is 13.5. The molecule has 1 unspecified atom stereocenters. The highest BCUT2D eigenvalue weighted by Crippen LogP contribution is 2.32. The SMILES string of the molecule is COc1cc(N2CCN(C)CC2)ccc1Nc1ncc2nc(-c3ccccc3)c(=O)n(C3CCCNC3)c2n1. The van der Waals surface area contributed by atoms with Crippen LogP contribution in [0.2, 0.25) is 0 Å². The smallest absolute Gasteiger partial charge is 0.279 e. The van der Waals surface area contributed by atoms with Crippen LogP contribution in [-0.2, 0) is 0 Å². The van der Waals surface area contributed by atoms with Gasteiger partial charge < -0.3 is 25.2 Å². The maximum atomic E-state index is 13.8. The molecule has 0 bridgehead atoms. The van der Waals surface area contributed by atoms with Gasteiger partial charge in [-0.1, -0.05) is 30.3 Å². The molecule has 4 heterocycles. The van der Waals surface area contributed by atoms with Crippen LogP contribution < -0.4 is 25.8 Å². The Morgan fingerprint density at radius 3 is 2.62 bits per heavy atom. The van der Waals surface area contributed by atoms with Gasteiger partial charge in [0.05, 0.1) is 25.0 Å². The predicted octanol–water partition coefficient (Wildman–Crippen LogP) is 3.28. The maximum absolute atomic E-state index is 13.8. The second-order valence-electron chi connectivity index (χ2n) is 10.2. The van der Waals surface area contributed by atoms with E-state index in [1.807, 2.05) is 42.5 Å². The van der Waals surface area contributed by atoms with E-state index >= 15 is 0 Å². The molecule has 6 rings (SSSR count). The van der Waals surface area contributed by atoms with Crippen molar-refractivity contribution in [3.8, 4) is 17.0 Å². The van der Waals surface area contributed by atoms with Gasteiger partial charge in [-0.3, -0.25) is 9.36 Å². The van der Waals surface area contributed by atoms with Crippen molar-refractivity contribution in [2.24, 2.45) is 0 Å². The summed E-state index contributed by atoms with van der Waals surface area (Å²) < 4.78 is 7.53. The van der Waals surface area contributed by atoms with Gasteiger partial charge >= 0.3 is 0 Å². The molecule has 2 aromatic heterocycles. The minimum absolute atomic E-state index is 0.0145. The molecule has 0 spiro atoms. The van der Waals surface area contributed by atoms with Crippen LogP contribution >= 0.6 is 0 Å². The van der Waals surface area contributed by atoms with Crippen molar-refractivity contribution >= 4 is 28.5 Å². The summed E-state index contributed by atoms with van der Waals surface area (Å²) in [4.78, 5) is 32.6. The fourth-order valence-electron chi connectivity index (χ4n) is 5.40. The molecule has 4 aromatic rings. The standard InChI is InChI=1S/C29H34N8O2/c1-35-13-15-36(16-14-35)21-10-11-23(25(17-21)39-2)33-29-31-19-24-27(34-29)37(22-9-6-12-30-18-22)28(38)26(32-24)20-7-4-3-5-8-20/h3-5,7-8,10-11,17,19,22,30H,6,9,12-16,18H2,1-2H3,(H,31,33,34). The summed E-state index contributed by atoms with van der Waals surface area (Å²) in [5.74, 6) is 1.10. The molecular weight excluding hydrogens is 492 g/mol. The summed E-state index contributed by atoms with van der Waals surface area (Å²) in [6, 6.07) is 15.7. The van der Waals surface area contributed by atoms with E-state index in [1.165, 1.54) is 0 Å². The molecule has 1 atom stereocenters. The van der Waals surface area contributed by atoms with Gasteiger partial charge in [0.2, 0.25) is 5.95 Å². The number of hydrogen-bond acceptors (Lipinski definition) is 9. The summed E-state index contributed by atoms with van der Waals surface area (Å²) >= 11 is 0. The van der Waals surface area contributed by atoms with Crippen molar-refractivity contribution in [1.82, 2.24) is 29.7 Å². The summed E-state index contributed by atoms with van der Waals surface area (Å²) in [5.41, 5.74) is 4.06. The number of fused-ring (bicyclic) bond motifs is 1. The van der Waals surface area contributed by atoms with E-state index < -0.39 is 0 Å². The Morgan fingerprint density at radius 2 is 1.87 bits per heavy atom. The number of hydrogen-bond donors (Lipinski definition) is 2. The third kappa shape index (κ3) is 5.17. The average molecular weight is 527 g/mol. The summed E-state index contributed by atoms with van der Waals surface area (Å²) in [5, 5.41) is 6.74. The first-order chi connectivity index (χ1) is 19.1. The molecule has 0 radical (unpaired) electrons. The Morgan fingerprint density at radius 1 is 1.05 bits per heavy atom. The highest BCUT2D eigenvalue weighted by molar-refractivity contribution is 5.76. The minimum Gasteiger partial charge on any atom is -0.494 e. The number of ether oxygens (including phenoxy) is 1.